The fourth-order valence-electron chi connectivity index (χ4n) is 1.16. The molecule has 1 rings (SSSR count). The third-order valence-corrected chi connectivity index (χ3v) is 2.01. The lowest BCUT2D eigenvalue weighted by Gasteiger charge is -2.13. The van der Waals surface area contributed by atoms with E-state index in [2.05, 4.69) is 0 Å². The molecule has 0 aliphatic rings. The molecule has 0 radical (unpaired) electrons. The Bertz CT molecular complexity index is 315. The Labute approximate surface area is 76.2 Å². The quantitative estimate of drug-likeness (QED) is 0.482. The summed E-state index contributed by atoms with van der Waals surface area (Å²) in [7, 11) is 0. The third kappa shape index (κ3) is 1.72. The van der Waals surface area contributed by atoms with Crippen LogP contribution in [0.3, 0.4) is 0 Å². The second-order valence-electron chi connectivity index (χ2n) is 2.91. The fourth-order valence-corrected chi connectivity index (χ4v) is 1.16. The van der Waals surface area contributed by atoms with Crippen molar-refractivity contribution in [2.24, 2.45) is 5.73 Å². The molecule has 0 aromatic heterocycles. The average molecular weight is 184 g/mol. The molecule has 3 nitrogen and oxygen atoms in total. The maximum absolute atomic E-state index is 13.2. The van der Waals surface area contributed by atoms with E-state index in [1.165, 1.54) is 12.1 Å². The zero-order valence-electron chi connectivity index (χ0n) is 7.42. The number of aromatic hydroxyl groups is 1. The molecule has 13 heavy (non-hydrogen) atoms. The van der Waals surface area contributed by atoms with Crippen LogP contribution >= 0.6 is 0 Å². The van der Waals surface area contributed by atoms with Gasteiger partial charge in [-0.15, -0.1) is 0 Å². The van der Waals surface area contributed by atoms with Gasteiger partial charge in [-0.1, -0.05) is 6.92 Å². The predicted molar refractivity (Wildman–Crippen MR) is 49.7 cm³/mol. The van der Waals surface area contributed by atoms with Crippen LogP contribution in [0.5, 0.6) is 5.75 Å². The van der Waals surface area contributed by atoms with Crippen molar-refractivity contribution in [3.8, 4) is 5.75 Å². The second-order valence-corrected chi connectivity index (χ2v) is 2.91. The SMILES string of the molecule is CC[C@@H](N)c1c(F)ccc(N)c1O. The van der Waals surface area contributed by atoms with E-state index in [1.807, 2.05) is 6.92 Å². The molecule has 0 aliphatic heterocycles. The summed E-state index contributed by atoms with van der Waals surface area (Å²) < 4.78 is 13.2. The first-order valence-electron chi connectivity index (χ1n) is 4.10. The van der Waals surface area contributed by atoms with Gasteiger partial charge in [0.05, 0.1) is 5.69 Å². The monoisotopic (exact) mass is 184 g/mol. The van der Waals surface area contributed by atoms with E-state index in [4.69, 9.17) is 11.5 Å². The minimum atomic E-state index is -0.513. The average Bonchev–Trinajstić information content (AvgIpc) is 2.12. The van der Waals surface area contributed by atoms with Gasteiger partial charge < -0.3 is 16.6 Å². The van der Waals surface area contributed by atoms with Crippen LogP contribution in [0.15, 0.2) is 12.1 Å². The van der Waals surface area contributed by atoms with Crippen LogP contribution in [-0.4, -0.2) is 5.11 Å². The number of halogens is 1. The predicted octanol–water partition coefficient (Wildman–Crippen LogP) is 1.52. The first-order valence-corrected chi connectivity index (χ1v) is 4.10. The minimum Gasteiger partial charge on any atom is -0.505 e. The second kappa shape index (κ2) is 3.62. The van der Waals surface area contributed by atoms with Gasteiger partial charge >= 0.3 is 0 Å². The minimum absolute atomic E-state index is 0.0995. The summed E-state index contributed by atoms with van der Waals surface area (Å²) in [5.41, 5.74) is 11.3. The Morgan fingerprint density at radius 3 is 2.69 bits per heavy atom. The summed E-state index contributed by atoms with van der Waals surface area (Å²) in [6.07, 6.45) is 0.550. The molecular formula is C9H13FN2O. The molecule has 72 valence electrons. The van der Waals surface area contributed by atoms with Crippen molar-refractivity contribution in [2.45, 2.75) is 19.4 Å². The van der Waals surface area contributed by atoms with Gasteiger partial charge in [0.1, 0.15) is 11.6 Å². The molecule has 1 atom stereocenters. The molecule has 4 heteroatoms. The van der Waals surface area contributed by atoms with E-state index in [1.54, 1.807) is 0 Å². The zero-order valence-corrected chi connectivity index (χ0v) is 7.42. The van der Waals surface area contributed by atoms with E-state index >= 15 is 0 Å². The molecule has 0 heterocycles. The van der Waals surface area contributed by atoms with E-state index < -0.39 is 11.9 Å². The summed E-state index contributed by atoms with van der Waals surface area (Å²) in [4.78, 5) is 0. The maximum atomic E-state index is 13.2. The molecule has 0 bridgehead atoms. The molecule has 0 fully saturated rings. The van der Waals surface area contributed by atoms with Crippen molar-refractivity contribution < 1.29 is 9.50 Å². The van der Waals surface area contributed by atoms with Crippen LogP contribution in [0.25, 0.3) is 0 Å². The van der Waals surface area contributed by atoms with E-state index in [9.17, 15) is 9.50 Å². The van der Waals surface area contributed by atoms with Crippen molar-refractivity contribution in [3.05, 3.63) is 23.5 Å². The van der Waals surface area contributed by atoms with Crippen molar-refractivity contribution >= 4 is 5.69 Å². The Morgan fingerprint density at radius 1 is 1.54 bits per heavy atom. The van der Waals surface area contributed by atoms with E-state index in [-0.39, 0.29) is 17.0 Å². The molecule has 0 saturated carbocycles. The topological polar surface area (TPSA) is 72.3 Å². The standard InChI is InChI=1S/C9H13FN2O/c1-2-6(11)8-5(10)3-4-7(12)9(8)13/h3-4,6,13H,2,11-12H2,1H3/t6-/m1/s1. The van der Waals surface area contributed by atoms with E-state index in [0.29, 0.717) is 6.42 Å². The lowest BCUT2D eigenvalue weighted by atomic mass is 10.0. The van der Waals surface area contributed by atoms with Gasteiger partial charge in [0.2, 0.25) is 0 Å². The third-order valence-electron chi connectivity index (χ3n) is 2.01. The number of nitrogens with two attached hydrogens (primary N) is 2. The number of nitrogen functional groups attached to an aromatic ring is 1. The molecule has 5 N–H and O–H groups in total. The van der Waals surface area contributed by atoms with Gasteiger partial charge in [-0.25, -0.2) is 4.39 Å². The lowest BCUT2D eigenvalue weighted by Crippen LogP contribution is -2.11. The normalized spacial score (nSPS) is 12.8. The highest BCUT2D eigenvalue weighted by Crippen LogP contribution is 2.32. The molecule has 0 unspecified atom stereocenters. The highest BCUT2D eigenvalue weighted by molar-refractivity contribution is 5.57. The number of phenols is 1. The van der Waals surface area contributed by atoms with Crippen molar-refractivity contribution in [3.63, 3.8) is 0 Å². The van der Waals surface area contributed by atoms with Crippen LogP contribution in [0, 0.1) is 5.82 Å². The number of benzene rings is 1. The number of hydrogen-bond donors (Lipinski definition) is 3. The van der Waals surface area contributed by atoms with Gasteiger partial charge in [0, 0.05) is 11.6 Å². The number of hydrogen-bond acceptors (Lipinski definition) is 3. The van der Waals surface area contributed by atoms with Gasteiger partial charge in [-0.2, -0.15) is 0 Å². The molecule has 0 aliphatic carbocycles. The van der Waals surface area contributed by atoms with E-state index in [0.717, 1.165) is 0 Å². The molecule has 1 aromatic rings. The maximum Gasteiger partial charge on any atom is 0.146 e. The zero-order chi connectivity index (χ0) is 10.0. The smallest absolute Gasteiger partial charge is 0.146 e. The largest absolute Gasteiger partial charge is 0.505 e. The summed E-state index contributed by atoms with van der Waals surface area (Å²) >= 11 is 0. The molecule has 1 aromatic carbocycles. The summed E-state index contributed by atoms with van der Waals surface area (Å²) in [5.74, 6) is -0.754. The first kappa shape index (κ1) is 9.80. The van der Waals surface area contributed by atoms with Gasteiger partial charge in [0.15, 0.2) is 0 Å². The van der Waals surface area contributed by atoms with Crippen LogP contribution in [0.4, 0.5) is 10.1 Å². The highest BCUT2D eigenvalue weighted by atomic mass is 19.1. The Balaban J connectivity index is 3.25. The lowest BCUT2D eigenvalue weighted by molar-refractivity contribution is 0.450. The fraction of sp³-hybridized carbons (Fsp3) is 0.333. The van der Waals surface area contributed by atoms with Crippen molar-refractivity contribution in [2.75, 3.05) is 5.73 Å². The van der Waals surface area contributed by atoms with Crippen molar-refractivity contribution in [1.82, 2.24) is 0 Å². The summed E-state index contributed by atoms with van der Waals surface area (Å²) in [6.45, 7) is 1.81. The van der Waals surface area contributed by atoms with Gasteiger partial charge in [-0.05, 0) is 18.6 Å². The molecular weight excluding hydrogens is 171 g/mol. The Kier molecular flexibility index (Phi) is 2.72. The molecule has 0 saturated heterocycles. The van der Waals surface area contributed by atoms with Crippen molar-refractivity contribution in [1.29, 1.82) is 0 Å². The molecule has 0 spiro atoms. The summed E-state index contributed by atoms with van der Waals surface area (Å²) in [5, 5.41) is 9.43. The highest BCUT2D eigenvalue weighted by Gasteiger charge is 2.16. The van der Waals surface area contributed by atoms with Crippen LogP contribution in [0.2, 0.25) is 0 Å². The number of rotatable bonds is 2. The summed E-state index contributed by atoms with van der Waals surface area (Å²) in [6, 6.07) is 2.01. The number of anilines is 1. The van der Waals surface area contributed by atoms with Crippen LogP contribution in [-0.2, 0) is 0 Å². The van der Waals surface area contributed by atoms with Crippen LogP contribution < -0.4 is 11.5 Å². The Hall–Kier alpha value is -1.29. The first-order chi connectivity index (χ1) is 6.07. The Morgan fingerprint density at radius 2 is 2.15 bits per heavy atom. The molecule has 0 amide bonds. The number of phenolic OH excluding ortho intramolecular Hbond substituents is 1. The van der Waals surface area contributed by atoms with Gasteiger partial charge in [0.25, 0.3) is 0 Å². The van der Waals surface area contributed by atoms with Crippen LogP contribution in [0.1, 0.15) is 24.9 Å². The van der Waals surface area contributed by atoms with Gasteiger partial charge in [-0.3, -0.25) is 0 Å².